The van der Waals surface area contributed by atoms with Crippen molar-refractivity contribution in [1.82, 2.24) is 4.90 Å². The number of nitrogens with zero attached hydrogens (tertiary/aromatic N) is 2. The van der Waals surface area contributed by atoms with Crippen LogP contribution < -0.4 is 9.62 Å². The number of para-hydroxylation sites is 2. The molecule has 0 radical (unpaired) electrons. The molecular weight excluding hydrogens is 474 g/mol. The Morgan fingerprint density at radius 3 is 2.22 bits per heavy atom. The maximum Gasteiger partial charge on any atom is 0.264 e. The maximum atomic E-state index is 13.7. The van der Waals surface area contributed by atoms with Crippen LogP contribution in [0.3, 0.4) is 0 Å². The van der Waals surface area contributed by atoms with Gasteiger partial charge in [0.1, 0.15) is 6.54 Å². The van der Waals surface area contributed by atoms with E-state index in [9.17, 15) is 18.0 Å². The summed E-state index contributed by atoms with van der Waals surface area (Å²) in [6.45, 7) is 2.89. The lowest BCUT2D eigenvalue weighted by Crippen LogP contribution is -2.39. The molecule has 36 heavy (non-hydrogen) atoms. The van der Waals surface area contributed by atoms with E-state index in [1.165, 1.54) is 12.1 Å². The lowest BCUT2D eigenvalue weighted by Gasteiger charge is -2.28. The highest BCUT2D eigenvalue weighted by Gasteiger charge is 2.29. The van der Waals surface area contributed by atoms with Crippen LogP contribution in [-0.2, 0) is 21.2 Å². The first-order valence-electron chi connectivity index (χ1n) is 12.3. The van der Waals surface area contributed by atoms with E-state index in [1.54, 1.807) is 59.5 Å². The largest absolute Gasteiger partial charge is 0.339 e. The molecule has 3 aromatic carbocycles. The average molecular weight is 506 g/mol. The number of hydrogen-bond acceptors (Lipinski definition) is 4. The number of anilines is 2. The molecule has 0 unspecified atom stereocenters. The molecule has 0 spiro atoms. The first kappa shape index (κ1) is 25.4. The van der Waals surface area contributed by atoms with Crippen LogP contribution in [0, 0.1) is 0 Å². The van der Waals surface area contributed by atoms with Gasteiger partial charge in [0.15, 0.2) is 0 Å². The van der Waals surface area contributed by atoms with Gasteiger partial charge in [0, 0.05) is 13.1 Å². The van der Waals surface area contributed by atoms with Crippen molar-refractivity contribution in [1.29, 1.82) is 0 Å². The molecule has 0 bridgehead atoms. The molecule has 8 heteroatoms. The second kappa shape index (κ2) is 11.4. The molecule has 1 aliphatic heterocycles. The van der Waals surface area contributed by atoms with Crippen LogP contribution in [0.25, 0.3) is 0 Å². The van der Waals surface area contributed by atoms with E-state index in [1.807, 2.05) is 19.1 Å². The highest BCUT2D eigenvalue weighted by atomic mass is 32.2. The van der Waals surface area contributed by atoms with Crippen LogP contribution >= 0.6 is 0 Å². The SMILES string of the molecule is CCc1ccccc1N(CC(=O)Nc1ccccc1C(=O)N1CCCCC1)S(=O)(=O)c1ccccc1. The quantitative estimate of drug-likeness (QED) is 0.480. The third-order valence-electron chi connectivity index (χ3n) is 6.33. The summed E-state index contributed by atoms with van der Waals surface area (Å²) in [6, 6.07) is 22.1. The van der Waals surface area contributed by atoms with Gasteiger partial charge in [0.25, 0.3) is 15.9 Å². The van der Waals surface area contributed by atoms with Gasteiger partial charge in [0.2, 0.25) is 5.91 Å². The summed E-state index contributed by atoms with van der Waals surface area (Å²) in [5, 5.41) is 2.80. The Morgan fingerprint density at radius 1 is 0.861 bits per heavy atom. The summed E-state index contributed by atoms with van der Waals surface area (Å²) in [4.78, 5) is 28.3. The highest BCUT2D eigenvalue weighted by Crippen LogP contribution is 2.28. The minimum atomic E-state index is -4.02. The Labute approximate surface area is 212 Å². The second-order valence-corrected chi connectivity index (χ2v) is 10.6. The number of piperidine rings is 1. The summed E-state index contributed by atoms with van der Waals surface area (Å²) >= 11 is 0. The lowest BCUT2D eigenvalue weighted by molar-refractivity contribution is -0.114. The Balaban J connectivity index is 1.63. The Bertz CT molecular complexity index is 1320. The lowest BCUT2D eigenvalue weighted by atomic mass is 10.1. The maximum absolute atomic E-state index is 13.7. The molecular formula is C28H31N3O4S. The van der Waals surface area contributed by atoms with Gasteiger partial charge in [-0.25, -0.2) is 8.42 Å². The number of sulfonamides is 1. The Hall–Kier alpha value is -3.65. The highest BCUT2D eigenvalue weighted by molar-refractivity contribution is 7.92. The Kier molecular flexibility index (Phi) is 8.05. The fraction of sp³-hybridized carbons (Fsp3) is 0.286. The fourth-order valence-electron chi connectivity index (χ4n) is 4.44. The first-order valence-corrected chi connectivity index (χ1v) is 13.7. The van der Waals surface area contributed by atoms with E-state index < -0.39 is 22.5 Å². The number of rotatable bonds is 8. The smallest absolute Gasteiger partial charge is 0.264 e. The summed E-state index contributed by atoms with van der Waals surface area (Å²) in [5.41, 5.74) is 2.04. The molecule has 0 aliphatic carbocycles. The molecule has 1 heterocycles. The van der Waals surface area contributed by atoms with Crippen molar-refractivity contribution >= 4 is 33.2 Å². The molecule has 0 atom stereocenters. The molecule has 3 aromatic rings. The molecule has 7 nitrogen and oxygen atoms in total. The van der Waals surface area contributed by atoms with E-state index in [4.69, 9.17) is 0 Å². The van der Waals surface area contributed by atoms with Gasteiger partial charge < -0.3 is 10.2 Å². The number of likely N-dealkylation sites (tertiary alicyclic amines) is 1. The van der Waals surface area contributed by atoms with Crippen LogP contribution in [0.1, 0.15) is 42.1 Å². The first-order chi connectivity index (χ1) is 17.4. The molecule has 0 saturated carbocycles. The van der Waals surface area contributed by atoms with Gasteiger partial charge in [-0.2, -0.15) is 0 Å². The fourth-order valence-corrected chi connectivity index (χ4v) is 5.92. The van der Waals surface area contributed by atoms with E-state index >= 15 is 0 Å². The minimum absolute atomic E-state index is 0.101. The van der Waals surface area contributed by atoms with Crippen molar-refractivity contribution in [2.75, 3.05) is 29.3 Å². The van der Waals surface area contributed by atoms with Crippen molar-refractivity contribution < 1.29 is 18.0 Å². The predicted octanol–water partition coefficient (Wildman–Crippen LogP) is 4.71. The average Bonchev–Trinajstić information content (AvgIpc) is 2.92. The van der Waals surface area contributed by atoms with Gasteiger partial charge in [-0.05, 0) is 61.6 Å². The van der Waals surface area contributed by atoms with Gasteiger partial charge in [-0.15, -0.1) is 0 Å². The molecule has 188 valence electrons. The molecule has 1 saturated heterocycles. The number of amides is 2. The Morgan fingerprint density at radius 2 is 1.50 bits per heavy atom. The zero-order valence-corrected chi connectivity index (χ0v) is 21.2. The number of carbonyl (C=O) groups is 2. The summed E-state index contributed by atoms with van der Waals surface area (Å²) in [6.07, 6.45) is 3.63. The number of aryl methyl sites for hydroxylation is 1. The number of hydrogen-bond donors (Lipinski definition) is 1. The second-order valence-electron chi connectivity index (χ2n) is 8.75. The number of carbonyl (C=O) groups excluding carboxylic acids is 2. The molecule has 1 fully saturated rings. The van der Waals surface area contributed by atoms with Gasteiger partial charge in [0.05, 0.1) is 21.8 Å². The van der Waals surface area contributed by atoms with Crippen LogP contribution in [0.15, 0.2) is 83.8 Å². The van der Waals surface area contributed by atoms with Crippen LogP contribution in [0.5, 0.6) is 0 Å². The topological polar surface area (TPSA) is 86.8 Å². The van der Waals surface area contributed by atoms with Crippen molar-refractivity contribution in [2.24, 2.45) is 0 Å². The monoisotopic (exact) mass is 505 g/mol. The van der Waals surface area contributed by atoms with Gasteiger partial charge >= 0.3 is 0 Å². The molecule has 1 N–H and O–H groups in total. The number of benzene rings is 3. The van der Waals surface area contributed by atoms with Crippen molar-refractivity contribution in [3.8, 4) is 0 Å². The zero-order valence-electron chi connectivity index (χ0n) is 20.4. The van der Waals surface area contributed by atoms with Gasteiger partial charge in [-0.1, -0.05) is 55.5 Å². The van der Waals surface area contributed by atoms with Crippen LogP contribution in [-0.4, -0.2) is 44.8 Å². The summed E-state index contributed by atoms with van der Waals surface area (Å²) in [7, 11) is -4.02. The number of nitrogens with one attached hydrogen (secondary N) is 1. The predicted molar refractivity (Wildman–Crippen MR) is 142 cm³/mol. The van der Waals surface area contributed by atoms with Crippen LogP contribution in [0.2, 0.25) is 0 Å². The van der Waals surface area contributed by atoms with Crippen molar-refractivity contribution in [2.45, 2.75) is 37.5 Å². The third-order valence-corrected chi connectivity index (χ3v) is 8.11. The van der Waals surface area contributed by atoms with Gasteiger partial charge in [-0.3, -0.25) is 13.9 Å². The van der Waals surface area contributed by atoms with Crippen molar-refractivity contribution in [3.63, 3.8) is 0 Å². The van der Waals surface area contributed by atoms with E-state index in [0.717, 1.165) is 29.1 Å². The van der Waals surface area contributed by atoms with E-state index in [0.29, 0.717) is 36.4 Å². The zero-order chi connectivity index (χ0) is 25.5. The molecule has 1 aliphatic rings. The molecule has 4 rings (SSSR count). The standard InChI is InChI=1S/C28H31N3O4S/c1-2-22-13-7-10-18-26(22)31(36(34,35)23-14-5-3-6-15-23)21-27(32)29-25-17-9-8-16-24(25)28(33)30-19-11-4-12-20-30/h3,5-10,13-18H,2,4,11-12,19-21H2,1H3,(H,29,32). The normalized spacial score (nSPS) is 13.8. The molecule has 2 amide bonds. The molecule has 0 aromatic heterocycles. The van der Waals surface area contributed by atoms with E-state index in [2.05, 4.69) is 5.32 Å². The van der Waals surface area contributed by atoms with Crippen molar-refractivity contribution in [3.05, 3.63) is 90.0 Å². The van der Waals surface area contributed by atoms with E-state index in [-0.39, 0.29) is 10.8 Å². The third kappa shape index (κ3) is 5.60. The summed E-state index contributed by atoms with van der Waals surface area (Å²) in [5.74, 6) is -0.657. The minimum Gasteiger partial charge on any atom is -0.339 e. The summed E-state index contributed by atoms with van der Waals surface area (Å²) < 4.78 is 28.5. The van der Waals surface area contributed by atoms with Crippen LogP contribution in [0.4, 0.5) is 11.4 Å².